The molecule has 0 radical (unpaired) electrons. The van der Waals surface area contributed by atoms with Gasteiger partial charge in [-0.1, -0.05) is 20.8 Å². The van der Waals surface area contributed by atoms with Crippen molar-refractivity contribution in [3.8, 4) is 10.6 Å². The molecule has 1 aliphatic rings. The molecule has 3 heterocycles. The van der Waals surface area contributed by atoms with Crippen molar-refractivity contribution in [3.63, 3.8) is 0 Å². The van der Waals surface area contributed by atoms with Gasteiger partial charge in [0.1, 0.15) is 16.6 Å². The van der Waals surface area contributed by atoms with Gasteiger partial charge in [-0.15, -0.1) is 22.7 Å². The first-order valence-corrected chi connectivity index (χ1v) is 11.5. The molecule has 0 atom stereocenters. The van der Waals surface area contributed by atoms with E-state index >= 15 is 0 Å². The molecule has 0 saturated heterocycles. The van der Waals surface area contributed by atoms with Crippen LogP contribution in [0.3, 0.4) is 0 Å². The molecule has 0 fully saturated rings. The molecule has 0 unspecified atom stereocenters. The third kappa shape index (κ3) is 4.17. The number of fused-ring (bicyclic) bond motifs is 1. The number of ether oxygens (including phenoxy) is 1. The first-order chi connectivity index (χ1) is 14.2. The molecule has 7 nitrogen and oxygen atoms in total. The first-order valence-electron chi connectivity index (χ1n) is 9.79. The Labute approximate surface area is 183 Å². The molecule has 0 bridgehead atoms. The van der Waals surface area contributed by atoms with E-state index in [1.54, 1.807) is 10.9 Å². The number of carbonyl (C=O) groups excluding carboxylic acids is 2. The standard InChI is InChI=1S/C21H24N4O3S2/c1-21(2,3)20(27)24-18-16(14-6-5-7-15(14)30-18)19(26)28-10-13-11-29-17(23-13)12-8-22-25(4)9-12/h8-9,11H,5-7,10H2,1-4H3,(H,24,27). The third-order valence-corrected chi connectivity index (χ3v) is 7.04. The van der Waals surface area contributed by atoms with E-state index in [0.717, 1.165) is 35.4 Å². The number of anilines is 1. The Balaban J connectivity index is 1.50. The summed E-state index contributed by atoms with van der Waals surface area (Å²) in [6.45, 7) is 5.64. The minimum atomic E-state index is -0.543. The molecule has 158 valence electrons. The average Bonchev–Trinajstić information content (AvgIpc) is 3.42. The molecule has 9 heteroatoms. The van der Waals surface area contributed by atoms with Gasteiger partial charge in [0.05, 0.1) is 17.5 Å². The van der Waals surface area contributed by atoms with Crippen molar-refractivity contribution in [1.29, 1.82) is 0 Å². The quantitative estimate of drug-likeness (QED) is 0.588. The lowest BCUT2D eigenvalue weighted by Gasteiger charge is -2.17. The summed E-state index contributed by atoms with van der Waals surface area (Å²) in [5, 5.41) is 10.4. The first kappa shape index (κ1) is 20.7. The Morgan fingerprint density at radius 2 is 2.10 bits per heavy atom. The van der Waals surface area contributed by atoms with Gasteiger partial charge < -0.3 is 10.1 Å². The van der Waals surface area contributed by atoms with Crippen LogP contribution in [0.25, 0.3) is 10.6 Å². The van der Waals surface area contributed by atoms with Gasteiger partial charge in [-0.05, 0) is 24.8 Å². The number of amides is 1. The maximum Gasteiger partial charge on any atom is 0.341 e. The van der Waals surface area contributed by atoms with Gasteiger partial charge in [0, 0.05) is 34.5 Å². The van der Waals surface area contributed by atoms with E-state index in [9.17, 15) is 9.59 Å². The Morgan fingerprint density at radius 1 is 1.30 bits per heavy atom. The number of aromatic nitrogens is 3. The van der Waals surface area contributed by atoms with Crippen LogP contribution >= 0.6 is 22.7 Å². The number of carbonyl (C=O) groups is 2. The van der Waals surface area contributed by atoms with Crippen LogP contribution in [0.5, 0.6) is 0 Å². The number of hydrogen-bond donors (Lipinski definition) is 1. The maximum absolute atomic E-state index is 13.0. The van der Waals surface area contributed by atoms with Crippen LogP contribution in [0.4, 0.5) is 5.00 Å². The van der Waals surface area contributed by atoms with Crippen molar-refractivity contribution < 1.29 is 14.3 Å². The number of rotatable bonds is 5. The zero-order valence-electron chi connectivity index (χ0n) is 17.4. The molecule has 0 saturated carbocycles. The van der Waals surface area contributed by atoms with Crippen LogP contribution in [0.1, 0.15) is 53.7 Å². The molecule has 0 spiro atoms. The van der Waals surface area contributed by atoms with E-state index in [1.807, 2.05) is 39.4 Å². The van der Waals surface area contributed by atoms with Crippen LogP contribution in [0.15, 0.2) is 17.8 Å². The zero-order chi connectivity index (χ0) is 21.5. The second kappa shape index (κ2) is 7.96. The third-order valence-electron chi connectivity index (χ3n) is 4.89. The topological polar surface area (TPSA) is 86.1 Å². The highest BCUT2D eigenvalue weighted by atomic mass is 32.1. The van der Waals surface area contributed by atoms with Gasteiger partial charge in [-0.2, -0.15) is 5.10 Å². The van der Waals surface area contributed by atoms with Crippen molar-refractivity contribution >= 4 is 39.6 Å². The number of thiophene rings is 1. The molecule has 1 N–H and O–H groups in total. The lowest BCUT2D eigenvalue weighted by atomic mass is 9.96. The number of esters is 1. The van der Waals surface area contributed by atoms with Gasteiger partial charge in [0.15, 0.2) is 0 Å². The lowest BCUT2D eigenvalue weighted by Crippen LogP contribution is -2.28. The molecule has 30 heavy (non-hydrogen) atoms. The van der Waals surface area contributed by atoms with Crippen LogP contribution < -0.4 is 5.32 Å². The van der Waals surface area contributed by atoms with Crippen LogP contribution in [0, 0.1) is 5.41 Å². The average molecular weight is 445 g/mol. The van der Waals surface area contributed by atoms with E-state index in [-0.39, 0.29) is 12.5 Å². The van der Waals surface area contributed by atoms with Crippen molar-refractivity contribution in [2.75, 3.05) is 5.32 Å². The van der Waals surface area contributed by atoms with Gasteiger partial charge in [-0.25, -0.2) is 9.78 Å². The minimum Gasteiger partial charge on any atom is -0.455 e. The fraction of sp³-hybridized carbons (Fsp3) is 0.429. The van der Waals surface area contributed by atoms with Crippen molar-refractivity contribution in [1.82, 2.24) is 14.8 Å². The van der Waals surface area contributed by atoms with E-state index < -0.39 is 11.4 Å². The summed E-state index contributed by atoms with van der Waals surface area (Å²) in [6, 6.07) is 0. The second-order valence-corrected chi connectivity index (χ2v) is 10.4. The molecule has 3 aromatic rings. The monoisotopic (exact) mass is 444 g/mol. The number of nitrogens with zero attached hydrogens (tertiary/aromatic N) is 3. The Kier molecular flexibility index (Phi) is 5.50. The highest BCUT2D eigenvalue weighted by Gasteiger charge is 2.30. The highest BCUT2D eigenvalue weighted by Crippen LogP contribution is 2.40. The second-order valence-electron chi connectivity index (χ2n) is 8.39. The van der Waals surface area contributed by atoms with E-state index in [2.05, 4.69) is 15.4 Å². The normalized spacial score (nSPS) is 13.3. The van der Waals surface area contributed by atoms with Gasteiger partial charge >= 0.3 is 5.97 Å². The summed E-state index contributed by atoms with van der Waals surface area (Å²) in [6.07, 6.45) is 6.45. The molecule has 0 aromatic carbocycles. The summed E-state index contributed by atoms with van der Waals surface area (Å²) in [4.78, 5) is 31.2. The van der Waals surface area contributed by atoms with E-state index in [4.69, 9.17) is 4.74 Å². The zero-order valence-corrected chi connectivity index (χ0v) is 19.1. The number of hydrogen-bond acceptors (Lipinski definition) is 7. The predicted molar refractivity (Wildman–Crippen MR) is 118 cm³/mol. The summed E-state index contributed by atoms with van der Waals surface area (Å²) < 4.78 is 7.32. The molecular formula is C21H24N4O3S2. The molecule has 4 rings (SSSR count). The maximum atomic E-state index is 13.0. The molecule has 1 aliphatic carbocycles. The Hall–Kier alpha value is -2.52. The van der Waals surface area contributed by atoms with Crippen molar-refractivity contribution in [3.05, 3.63) is 39.5 Å². The molecule has 0 aliphatic heterocycles. The van der Waals surface area contributed by atoms with Gasteiger partial charge in [0.2, 0.25) is 5.91 Å². The molecule has 1 amide bonds. The highest BCUT2D eigenvalue weighted by molar-refractivity contribution is 7.17. The van der Waals surface area contributed by atoms with Gasteiger partial charge in [-0.3, -0.25) is 9.48 Å². The van der Waals surface area contributed by atoms with Gasteiger partial charge in [0.25, 0.3) is 0 Å². The van der Waals surface area contributed by atoms with E-state index in [0.29, 0.717) is 16.3 Å². The van der Waals surface area contributed by atoms with Crippen LogP contribution in [-0.4, -0.2) is 26.6 Å². The summed E-state index contributed by atoms with van der Waals surface area (Å²) in [5.41, 5.74) is 2.61. The van der Waals surface area contributed by atoms with Crippen LogP contribution in [0.2, 0.25) is 0 Å². The summed E-state index contributed by atoms with van der Waals surface area (Å²) in [5.74, 6) is -0.522. The number of nitrogens with one attached hydrogen (secondary N) is 1. The SMILES string of the molecule is Cn1cc(-c2nc(COC(=O)c3c(NC(=O)C(C)(C)C)sc4c3CCC4)cs2)cn1. The van der Waals surface area contributed by atoms with Crippen molar-refractivity contribution in [2.24, 2.45) is 12.5 Å². The summed E-state index contributed by atoms with van der Waals surface area (Å²) >= 11 is 2.98. The number of thiazole rings is 1. The largest absolute Gasteiger partial charge is 0.455 e. The predicted octanol–water partition coefficient (Wildman–Crippen LogP) is 4.44. The molecule has 3 aromatic heterocycles. The lowest BCUT2D eigenvalue weighted by molar-refractivity contribution is -0.123. The Bertz CT molecular complexity index is 1100. The van der Waals surface area contributed by atoms with Crippen LogP contribution in [-0.2, 0) is 36.0 Å². The van der Waals surface area contributed by atoms with Crippen molar-refractivity contribution in [2.45, 2.75) is 46.6 Å². The summed E-state index contributed by atoms with van der Waals surface area (Å²) in [7, 11) is 1.86. The fourth-order valence-electron chi connectivity index (χ4n) is 3.25. The Morgan fingerprint density at radius 3 is 2.80 bits per heavy atom. The fourth-order valence-corrected chi connectivity index (χ4v) is 5.30. The minimum absolute atomic E-state index is 0.0902. The van der Waals surface area contributed by atoms with E-state index in [1.165, 1.54) is 27.6 Å². The number of aryl methyl sites for hydroxylation is 2. The smallest absolute Gasteiger partial charge is 0.341 e. The molecular weight excluding hydrogens is 420 g/mol.